The molecule has 0 aromatic carbocycles. The van der Waals surface area contributed by atoms with Crippen molar-refractivity contribution in [2.24, 2.45) is 11.8 Å². The van der Waals surface area contributed by atoms with E-state index in [1.807, 2.05) is 0 Å². The van der Waals surface area contributed by atoms with Crippen LogP contribution in [0.25, 0.3) is 0 Å². The first kappa shape index (κ1) is 13.1. The summed E-state index contributed by atoms with van der Waals surface area (Å²) in [5, 5.41) is 0. The fourth-order valence-corrected chi connectivity index (χ4v) is 1.98. The Morgan fingerprint density at radius 3 is 1.92 bits per heavy atom. The third-order valence-corrected chi connectivity index (χ3v) is 2.94. The number of methoxy groups -OCH3 is 1. The molecule has 13 heavy (non-hydrogen) atoms. The molecule has 0 rings (SSSR count). The van der Waals surface area contributed by atoms with E-state index < -0.39 is 0 Å². The van der Waals surface area contributed by atoms with Crippen LogP contribution in [0.3, 0.4) is 0 Å². The van der Waals surface area contributed by atoms with Gasteiger partial charge in [-0.15, -0.1) is 9.24 Å². The van der Waals surface area contributed by atoms with E-state index in [4.69, 9.17) is 4.74 Å². The van der Waals surface area contributed by atoms with Crippen LogP contribution >= 0.6 is 9.24 Å². The highest BCUT2D eigenvalue weighted by molar-refractivity contribution is 7.16. The van der Waals surface area contributed by atoms with Crippen LogP contribution in [0, 0.1) is 11.8 Å². The normalized spacial score (nSPS) is 13.5. The fraction of sp³-hybridized carbons (Fsp3) is 0.818. The summed E-state index contributed by atoms with van der Waals surface area (Å²) in [5.41, 5.74) is -0.101. The van der Waals surface area contributed by atoms with Gasteiger partial charge in [-0.1, -0.05) is 39.8 Å². The maximum absolute atomic E-state index is 5.67. The minimum Gasteiger partial charge on any atom is -0.374 e. The van der Waals surface area contributed by atoms with Crippen LogP contribution in [-0.4, -0.2) is 18.9 Å². The second kappa shape index (κ2) is 5.78. The molecular formula is C11H23OP. The van der Waals surface area contributed by atoms with Gasteiger partial charge in [0, 0.05) is 7.11 Å². The Bertz CT molecular complexity index is 153. The molecule has 0 N–H and O–H groups in total. The van der Waals surface area contributed by atoms with E-state index in [-0.39, 0.29) is 5.60 Å². The maximum atomic E-state index is 5.67. The molecule has 0 aliphatic carbocycles. The van der Waals surface area contributed by atoms with Crippen LogP contribution in [0.4, 0.5) is 0 Å². The second-order valence-electron chi connectivity index (χ2n) is 4.01. The number of hydrogen-bond acceptors (Lipinski definition) is 1. The van der Waals surface area contributed by atoms with Crippen molar-refractivity contribution in [3.05, 3.63) is 12.2 Å². The minimum atomic E-state index is -0.101. The number of allylic oxidation sites excluding steroid dienone is 1. The topological polar surface area (TPSA) is 9.23 Å². The monoisotopic (exact) mass is 202 g/mol. The van der Waals surface area contributed by atoms with Gasteiger partial charge in [0.15, 0.2) is 0 Å². The van der Waals surface area contributed by atoms with E-state index >= 15 is 0 Å². The lowest BCUT2D eigenvalue weighted by atomic mass is 9.80. The summed E-state index contributed by atoms with van der Waals surface area (Å²) >= 11 is 0. The van der Waals surface area contributed by atoms with Crippen molar-refractivity contribution in [2.75, 3.05) is 13.3 Å². The molecule has 2 heteroatoms. The van der Waals surface area contributed by atoms with Gasteiger partial charge < -0.3 is 4.74 Å². The molecule has 0 aromatic heterocycles. The van der Waals surface area contributed by atoms with Crippen LogP contribution in [0.5, 0.6) is 0 Å². The van der Waals surface area contributed by atoms with Crippen LogP contribution in [-0.2, 0) is 4.74 Å². The Kier molecular flexibility index (Phi) is 5.83. The van der Waals surface area contributed by atoms with E-state index in [9.17, 15) is 0 Å². The molecule has 0 radical (unpaired) electrons. The number of ether oxygens (including phenoxy) is 1. The molecule has 0 saturated heterocycles. The molecular weight excluding hydrogens is 179 g/mol. The predicted octanol–water partition coefficient (Wildman–Crippen LogP) is 3.11. The zero-order valence-corrected chi connectivity index (χ0v) is 10.7. The first-order valence-corrected chi connectivity index (χ1v) is 5.75. The largest absolute Gasteiger partial charge is 0.374 e. The molecule has 78 valence electrons. The Hall–Kier alpha value is 0.130. The molecule has 1 nitrogen and oxygen atoms in total. The summed E-state index contributed by atoms with van der Waals surface area (Å²) in [6.45, 7) is 8.82. The van der Waals surface area contributed by atoms with E-state index in [0.29, 0.717) is 11.8 Å². The van der Waals surface area contributed by atoms with Crippen molar-refractivity contribution in [1.29, 1.82) is 0 Å². The summed E-state index contributed by atoms with van der Waals surface area (Å²) in [6.07, 6.45) is 5.36. The third-order valence-electron chi connectivity index (χ3n) is 2.67. The quantitative estimate of drug-likeness (QED) is 0.491. The Morgan fingerprint density at radius 1 is 1.23 bits per heavy atom. The Balaban J connectivity index is 4.76. The van der Waals surface area contributed by atoms with Gasteiger partial charge in [0.2, 0.25) is 0 Å². The summed E-state index contributed by atoms with van der Waals surface area (Å²) < 4.78 is 5.67. The van der Waals surface area contributed by atoms with Crippen molar-refractivity contribution >= 4 is 9.24 Å². The van der Waals surface area contributed by atoms with Crippen LogP contribution in [0.2, 0.25) is 0 Å². The first-order valence-electron chi connectivity index (χ1n) is 4.94. The van der Waals surface area contributed by atoms with Crippen LogP contribution in [0.15, 0.2) is 12.2 Å². The number of rotatable bonds is 5. The zero-order chi connectivity index (χ0) is 10.5. The summed E-state index contributed by atoms with van der Waals surface area (Å²) in [4.78, 5) is 0. The maximum Gasteiger partial charge on any atom is 0.0904 e. The standard InChI is InChI=1S/C11H23OP/c1-9(2)11(12-5,10(3)4)7-6-8-13/h6-7,9-10H,8,13H2,1-5H3. The summed E-state index contributed by atoms with van der Waals surface area (Å²) in [7, 11) is 4.50. The molecule has 0 spiro atoms. The van der Waals surface area contributed by atoms with Crippen LogP contribution < -0.4 is 0 Å². The predicted molar refractivity (Wildman–Crippen MR) is 63.1 cm³/mol. The molecule has 0 heterocycles. The lowest BCUT2D eigenvalue weighted by Gasteiger charge is -2.37. The van der Waals surface area contributed by atoms with E-state index in [2.05, 4.69) is 49.1 Å². The molecule has 1 unspecified atom stereocenters. The summed E-state index contributed by atoms with van der Waals surface area (Å²) in [6, 6.07) is 0. The molecule has 0 aliphatic heterocycles. The zero-order valence-electron chi connectivity index (χ0n) is 9.50. The Labute approximate surface area is 85.1 Å². The highest BCUT2D eigenvalue weighted by Gasteiger charge is 2.34. The SMILES string of the molecule is COC(C=CCP)(C(C)C)C(C)C. The van der Waals surface area contributed by atoms with Gasteiger partial charge in [-0.05, 0) is 18.0 Å². The van der Waals surface area contributed by atoms with Gasteiger partial charge in [0.25, 0.3) is 0 Å². The minimum absolute atomic E-state index is 0.101. The molecule has 1 atom stereocenters. The molecule has 0 bridgehead atoms. The van der Waals surface area contributed by atoms with E-state index in [0.717, 1.165) is 6.16 Å². The van der Waals surface area contributed by atoms with E-state index in [1.54, 1.807) is 7.11 Å². The molecule has 0 fully saturated rings. The van der Waals surface area contributed by atoms with Gasteiger partial charge >= 0.3 is 0 Å². The van der Waals surface area contributed by atoms with Crippen molar-refractivity contribution < 1.29 is 4.74 Å². The highest BCUT2D eigenvalue weighted by atomic mass is 31.0. The van der Waals surface area contributed by atoms with Gasteiger partial charge in [-0.3, -0.25) is 0 Å². The van der Waals surface area contributed by atoms with E-state index in [1.165, 1.54) is 0 Å². The average Bonchev–Trinajstić information content (AvgIpc) is 2.05. The van der Waals surface area contributed by atoms with Gasteiger partial charge in [0.05, 0.1) is 5.60 Å². The highest BCUT2D eigenvalue weighted by Crippen LogP contribution is 2.31. The van der Waals surface area contributed by atoms with Gasteiger partial charge in [-0.25, -0.2) is 0 Å². The van der Waals surface area contributed by atoms with Gasteiger partial charge in [0.1, 0.15) is 0 Å². The first-order chi connectivity index (χ1) is 6.01. The molecule has 0 saturated carbocycles. The van der Waals surface area contributed by atoms with Crippen molar-refractivity contribution in [3.63, 3.8) is 0 Å². The average molecular weight is 202 g/mol. The van der Waals surface area contributed by atoms with Gasteiger partial charge in [-0.2, -0.15) is 0 Å². The number of hydrogen-bond donors (Lipinski definition) is 0. The lowest BCUT2D eigenvalue weighted by Crippen LogP contribution is -2.40. The smallest absolute Gasteiger partial charge is 0.0904 e. The molecule has 0 aliphatic rings. The lowest BCUT2D eigenvalue weighted by molar-refractivity contribution is -0.0423. The van der Waals surface area contributed by atoms with Crippen molar-refractivity contribution in [2.45, 2.75) is 33.3 Å². The molecule has 0 aromatic rings. The second-order valence-corrected chi connectivity index (χ2v) is 4.48. The summed E-state index contributed by atoms with van der Waals surface area (Å²) in [5.74, 6) is 1.01. The van der Waals surface area contributed by atoms with Crippen molar-refractivity contribution in [3.8, 4) is 0 Å². The molecule has 0 amide bonds. The van der Waals surface area contributed by atoms with Crippen molar-refractivity contribution in [1.82, 2.24) is 0 Å². The fourth-order valence-electron chi connectivity index (χ4n) is 1.84. The Morgan fingerprint density at radius 2 is 1.69 bits per heavy atom. The van der Waals surface area contributed by atoms with Crippen LogP contribution in [0.1, 0.15) is 27.7 Å². The third kappa shape index (κ3) is 3.07.